The molecule has 5 aliphatic carbocycles. The molecule has 0 aromatic rings. The van der Waals surface area contributed by atoms with Gasteiger partial charge in [-0.25, -0.2) is 0 Å². The summed E-state index contributed by atoms with van der Waals surface area (Å²) >= 11 is 0. The Morgan fingerprint density at radius 2 is 1.25 bits per heavy atom. The Morgan fingerprint density at radius 1 is 0.694 bits per heavy atom. The van der Waals surface area contributed by atoms with E-state index in [0.717, 1.165) is 25.7 Å². The lowest BCUT2D eigenvalue weighted by molar-refractivity contribution is -0.280. The zero-order chi connectivity index (χ0) is 26.7. The smallest absolute Gasteiger partial charge is 0.302 e. The molecule has 0 aromatic heterocycles. The molecular formula is C32H54O4. The van der Waals surface area contributed by atoms with E-state index in [1.165, 1.54) is 39.0 Å². The van der Waals surface area contributed by atoms with Gasteiger partial charge in [-0.05, 0) is 114 Å². The van der Waals surface area contributed by atoms with E-state index in [1.54, 1.807) is 0 Å². The van der Waals surface area contributed by atoms with Crippen LogP contribution >= 0.6 is 0 Å². The second kappa shape index (κ2) is 7.96. The Kier molecular flexibility index (Phi) is 5.97. The van der Waals surface area contributed by atoms with Crippen LogP contribution in [-0.2, 0) is 9.53 Å². The first-order valence-electron chi connectivity index (χ1n) is 15.0. The van der Waals surface area contributed by atoms with Gasteiger partial charge in [0.1, 0.15) is 6.10 Å². The first kappa shape index (κ1) is 27.0. The Labute approximate surface area is 220 Å². The third-order valence-electron chi connectivity index (χ3n) is 14.2. The fourth-order valence-corrected chi connectivity index (χ4v) is 12.1. The standard InChI is InChI=1S/C32H54O4/c1-19(33)36-21-18-30(7)22(28(4,5)26(21)35)13-15-32(9)24(30)11-10-23-29(6)17-16-27(2,3)25(34)20(29)12-14-31(23,32)8/h20-26,34-35H,10-18H2,1-9H3/t20-,21-,22+,23+,24+,25-,26+,29-,30+,31+,32+/m1/s1. The predicted molar refractivity (Wildman–Crippen MR) is 143 cm³/mol. The molecule has 11 atom stereocenters. The summed E-state index contributed by atoms with van der Waals surface area (Å²) in [4.78, 5) is 12.0. The molecule has 5 saturated carbocycles. The monoisotopic (exact) mass is 502 g/mol. The number of ether oxygens (including phenoxy) is 1. The molecule has 206 valence electrons. The van der Waals surface area contributed by atoms with Crippen molar-refractivity contribution in [1.29, 1.82) is 0 Å². The minimum Gasteiger partial charge on any atom is -0.460 e. The summed E-state index contributed by atoms with van der Waals surface area (Å²) in [5.41, 5.74) is 0.436. The first-order chi connectivity index (χ1) is 16.4. The van der Waals surface area contributed by atoms with E-state index in [-0.39, 0.29) is 44.6 Å². The Balaban J connectivity index is 1.53. The lowest BCUT2D eigenvalue weighted by atomic mass is 9.30. The van der Waals surface area contributed by atoms with E-state index in [4.69, 9.17) is 4.74 Å². The molecule has 5 fully saturated rings. The molecule has 0 spiro atoms. The summed E-state index contributed by atoms with van der Waals surface area (Å²) in [5, 5.41) is 22.8. The van der Waals surface area contributed by atoms with Gasteiger partial charge in [-0.15, -0.1) is 0 Å². The van der Waals surface area contributed by atoms with E-state index in [0.29, 0.717) is 23.7 Å². The number of aliphatic hydroxyl groups is 2. The molecule has 2 N–H and O–H groups in total. The van der Waals surface area contributed by atoms with Gasteiger partial charge in [0.25, 0.3) is 0 Å². The minimum atomic E-state index is -0.614. The van der Waals surface area contributed by atoms with E-state index >= 15 is 0 Å². The topological polar surface area (TPSA) is 66.8 Å². The molecule has 5 aliphatic rings. The highest BCUT2D eigenvalue weighted by Crippen LogP contribution is 2.77. The van der Waals surface area contributed by atoms with Crippen LogP contribution in [0.25, 0.3) is 0 Å². The van der Waals surface area contributed by atoms with Crippen LogP contribution in [0.2, 0.25) is 0 Å². The number of aliphatic hydroxyl groups excluding tert-OH is 2. The van der Waals surface area contributed by atoms with Gasteiger partial charge in [0.15, 0.2) is 0 Å². The van der Waals surface area contributed by atoms with Crippen molar-refractivity contribution in [2.45, 2.75) is 138 Å². The van der Waals surface area contributed by atoms with Crippen LogP contribution in [-0.4, -0.2) is 34.5 Å². The average molecular weight is 503 g/mol. The lowest BCUT2D eigenvalue weighted by Crippen LogP contribution is -2.70. The van der Waals surface area contributed by atoms with Crippen LogP contribution < -0.4 is 0 Å². The second-order valence-corrected chi connectivity index (χ2v) is 16.3. The average Bonchev–Trinajstić information content (AvgIpc) is 2.75. The number of hydrogen-bond donors (Lipinski definition) is 2. The molecule has 5 rings (SSSR count). The quantitative estimate of drug-likeness (QED) is 0.389. The molecule has 4 heteroatoms. The maximum Gasteiger partial charge on any atom is 0.302 e. The minimum absolute atomic E-state index is 0.0186. The van der Waals surface area contributed by atoms with Gasteiger partial charge in [0, 0.05) is 6.92 Å². The molecule has 0 unspecified atom stereocenters. The van der Waals surface area contributed by atoms with Crippen molar-refractivity contribution in [1.82, 2.24) is 0 Å². The molecule has 0 bridgehead atoms. The number of hydrogen-bond acceptors (Lipinski definition) is 4. The lowest BCUT2D eigenvalue weighted by Gasteiger charge is -2.74. The highest BCUT2D eigenvalue weighted by atomic mass is 16.6. The summed E-state index contributed by atoms with van der Waals surface area (Å²) in [5.74, 6) is 1.75. The SMILES string of the molecule is CC(=O)O[C@@H]1C[C@@]2(C)[C@@H](CC[C@@]3(C)[C@H]2CC[C@H]2[C@]4(C)CCC(C)(C)[C@H](O)[C@H]4CC[C@@]23C)C(C)(C)[C@H]1O. The van der Waals surface area contributed by atoms with Crippen molar-refractivity contribution >= 4 is 5.97 Å². The van der Waals surface area contributed by atoms with Gasteiger partial charge in [0.2, 0.25) is 0 Å². The Hall–Kier alpha value is -0.610. The summed E-state index contributed by atoms with van der Waals surface area (Å²) in [7, 11) is 0. The number of fused-ring (bicyclic) bond motifs is 7. The maximum absolute atomic E-state index is 12.0. The van der Waals surface area contributed by atoms with Gasteiger partial charge in [-0.1, -0.05) is 55.4 Å². The molecule has 0 radical (unpaired) electrons. The predicted octanol–water partition coefficient (Wildman–Crippen LogP) is 6.76. The summed E-state index contributed by atoms with van der Waals surface area (Å²) in [6, 6.07) is 0. The van der Waals surface area contributed by atoms with Crippen molar-refractivity contribution < 1.29 is 19.7 Å². The van der Waals surface area contributed by atoms with Crippen LogP contribution in [0.1, 0.15) is 120 Å². The second-order valence-electron chi connectivity index (χ2n) is 16.3. The van der Waals surface area contributed by atoms with Crippen molar-refractivity contribution in [3.63, 3.8) is 0 Å². The van der Waals surface area contributed by atoms with E-state index in [9.17, 15) is 15.0 Å². The number of rotatable bonds is 1. The molecule has 0 aliphatic heterocycles. The van der Waals surface area contributed by atoms with Gasteiger partial charge in [0.05, 0.1) is 12.2 Å². The fourth-order valence-electron chi connectivity index (χ4n) is 12.1. The van der Waals surface area contributed by atoms with E-state index in [1.807, 2.05) is 0 Å². The maximum atomic E-state index is 12.0. The molecule has 0 heterocycles. The fraction of sp³-hybridized carbons (Fsp3) is 0.969. The molecule has 0 amide bonds. The molecule has 4 nitrogen and oxygen atoms in total. The summed E-state index contributed by atoms with van der Waals surface area (Å²) in [6.07, 6.45) is 9.03. The Bertz CT molecular complexity index is 910. The van der Waals surface area contributed by atoms with Crippen LogP contribution in [0.5, 0.6) is 0 Å². The molecule has 0 aromatic carbocycles. The highest BCUT2D eigenvalue weighted by molar-refractivity contribution is 5.66. The highest BCUT2D eigenvalue weighted by Gasteiger charge is 2.72. The summed E-state index contributed by atoms with van der Waals surface area (Å²) in [6.45, 7) is 20.7. The Morgan fingerprint density at radius 3 is 1.83 bits per heavy atom. The molecule has 36 heavy (non-hydrogen) atoms. The van der Waals surface area contributed by atoms with E-state index in [2.05, 4.69) is 55.4 Å². The number of esters is 1. The van der Waals surface area contributed by atoms with Crippen LogP contribution in [0.3, 0.4) is 0 Å². The van der Waals surface area contributed by atoms with Crippen molar-refractivity contribution in [2.75, 3.05) is 0 Å². The zero-order valence-electron chi connectivity index (χ0n) is 24.6. The molecular weight excluding hydrogens is 448 g/mol. The molecule has 0 saturated heterocycles. The van der Waals surface area contributed by atoms with Gasteiger partial charge >= 0.3 is 5.97 Å². The number of carbonyl (C=O) groups is 1. The van der Waals surface area contributed by atoms with Crippen molar-refractivity contribution in [3.05, 3.63) is 0 Å². The normalized spacial score (nSPS) is 55.4. The zero-order valence-corrected chi connectivity index (χ0v) is 24.6. The van der Waals surface area contributed by atoms with Crippen LogP contribution in [0.15, 0.2) is 0 Å². The van der Waals surface area contributed by atoms with Crippen molar-refractivity contribution in [2.24, 2.45) is 56.2 Å². The van der Waals surface area contributed by atoms with E-state index < -0.39 is 12.2 Å². The van der Waals surface area contributed by atoms with Crippen molar-refractivity contribution in [3.8, 4) is 0 Å². The summed E-state index contributed by atoms with van der Waals surface area (Å²) < 4.78 is 5.80. The first-order valence-corrected chi connectivity index (χ1v) is 15.0. The number of carbonyl (C=O) groups excluding carboxylic acids is 1. The van der Waals surface area contributed by atoms with Gasteiger partial charge in [-0.3, -0.25) is 4.79 Å². The third kappa shape index (κ3) is 3.28. The van der Waals surface area contributed by atoms with Crippen LogP contribution in [0.4, 0.5) is 0 Å². The van der Waals surface area contributed by atoms with Gasteiger partial charge < -0.3 is 14.9 Å². The van der Waals surface area contributed by atoms with Crippen LogP contribution in [0, 0.1) is 56.2 Å². The third-order valence-corrected chi connectivity index (χ3v) is 14.2. The largest absolute Gasteiger partial charge is 0.460 e. The van der Waals surface area contributed by atoms with Gasteiger partial charge in [-0.2, -0.15) is 0 Å².